The number of nitro groups is 1. The summed E-state index contributed by atoms with van der Waals surface area (Å²) < 4.78 is 6.60. The van der Waals surface area contributed by atoms with Crippen LogP contribution in [0.5, 0.6) is 0 Å². The predicted octanol–water partition coefficient (Wildman–Crippen LogP) is 3.08. The maximum Gasteiger partial charge on any atom is 0.433 e. The summed E-state index contributed by atoms with van der Waals surface area (Å²) in [5.41, 5.74) is 0.676. The number of nitrogens with zero attached hydrogens (tertiary/aromatic N) is 5. The maximum absolute atomic E-state index is 12.1. The molecule has 0 unspecified atom stereocenters. The minimum absolute atomic E-state index is 0.115. The van der Waals surface area contributed by atoms with E-state index in [4.69, 9.17) is 4.42 Å². The van der Waals surface area contributed by atoms with Gasteiger partial charge < -0.3 is 15.1 Å². The Morgan fingerprint density at radius 3 is 2.80 bits per heavy atom. The Hall–Kier alpha value is -3.15. The molecular weight excluding hydrogens is 410 g/mol. The van der Waals surface area contributed by atoms with Gasteiger partial charge in [0.1, 0.15) is 10.7 Å². The molecule has 3 aromatic rings. The standard InChI is InChI=1S/C18H23N7O4S/c1-4-7-19-15-12-10-21-24(16(12)23-18(22-15)30-11(2)3)9-8-20-17(26)13-5-6-14(29-13)25(27)28/h5-6,10-11H,4,7-9H2,1-3H3,(H,20,26)(H,19,22,23). The molecular formula is C18H23N7O4S. The number of rotatable bonds is 10. The minimum Gasteiger partial charge on any atom is -0.395 e. The predicted molar refractivity (Wildman–Crippen MR) is 113 cm³/mol. The van der Waals surface area contributed by atoms with Gasteiger partial charge in [-0.2, -0.15) is 5.10 Å². The smallest absolute Gasteiger partial charge is 0.395 e. The second kappa shape index (κ2) is 9.57. The molecule has 160 valence electrons. The Morgan fingerprint density at radius 1 is 1.33 bits per heavy atom. The number of carbonyl (C=O) groups excluding carboxylic acids is 1. The molecule has 0 aliphatic carbocycles. The molecule has 0 bridgehead atoms. The van der Waals surface area contributed by atoms with E-state index in [0.29, 0.717) is 22.6 Å². The normalized spacial score (nSPS) is 11.2. The largest absolute Gasteiger partial charge is 0.433 e. The molecule has 0 saturated carbocycles. The van der Waals surface area contributed by atoms with Crippen molar-refractivity contribution in [1.82, 2.24) is 25.1 Å². The van der Waals surface area contributed by atoms with Crippen LogP contribution in [0.3, 0.4) is 0 Å². The zero-order chi connectivity index (χ0) is 21.7. The summed E-state index contributed by atoms with van der Waals surface area (Å²) in [7, 11) is 0. The van der Waals surface area contributed by atoms with Gasteiger partial charge >= 0.3 is 5.88 Å². The SMILES string of the molecule is CCCNc1nc(SC(C)C)nc2c1cnn2CCNC(=O)c1ccc([N+](=O)[O-])o1. The Bertz CT molecular complexity index is 1050. The Morgan fingerprint density at radius 2 is 2.13 bits per heavy atom. The summed E-state index contributed by atoms with van der Waals surface area (Å²) in [6.07, 6.45) is 2.66. The number of carbonyl (C=O) groups is 1. The zero-order valence-corrected chi connectivity index (χ0v) is 17.7. The van der Waals surface area contributed by atoms with Crippen LogP contribution in [0.25, 0.3) is 11.0 Å². The van der Waals surface area contributed by atoms with Crippen LogP contribution in [0.2, 0.25) is 0 Å². The number of hydrogen-bond acceptors (Lipinski definition) is 9. The van der Waals surface area contributed by atoms with Crippen LogP contribution in [0.15, 0.2) is 27.9 Å². The summed E-state index contributed by atoms with van der Waals surface area (Å²) >= 11 is 1.56. The van der Waals surface area contributed by atoms with Crippen LogP contribution in [0.4, 0.5) is 11.7 Å². The summed E-state index contributed by atoms with van der Waals surface area (Å²) in [4.78, 5) is 31.3. The van der Waals surface area contributed by atoms with Gasteiger partial charge in [0.25, 0.3) is 5.91 Å². The molecule has 30 heavy (non-hydrogen) atoms. The lowest BCUT2D eigenvalue weighted by Crippen LogP contribution is -2.27. The van der Waals surface area contributed by atoms with Crippen LogP contribution in [0.1, 0.15) is 37.7 Å². The second-order valence-corrected chi connectivity index (χ2v) is 8.25. The monoisotopic (exact) mass is 433 g/mol. The highest BCUT2D eigenvalue weighted by molar-refractivity contribution is 7.99. The van der Waals surface area contributed by atoms with Gasteiger partial charge in [0, 0.05) is 18.3 Å². The summed E-state index contributed by atoms with van der Waals surface area (Å²) in [5.74, 6) is -0.382. The lowest BCUT2D eigenvalue weighted by molar-refractivity contribution is -0.402. The molecule has 0 radical (unpaired) electrons. The van der Waals surface area contributed by atoms with E-state index in [-0.39, 0.29) is 12.3 Å². The molecule has 0 saturated heterocycles. The van der Waals surface area contributed by atoms with Gasteiger partial charge in [-0.05, 0) is 12.5 Å². The summed E-state index contributed by atoms with van der Waals surface area (Å²) in [6, 6.07) is 2.41. The van der Waals surface area contributed by atoms with E-state index in [1.54, 1.807) is 22.6 Å². The van der Waals surface area contributed by atoms with Gasteiger partial charge in [-0.3, -0.25) is 14.9 Å². The molecule has 3 aromatic heterocycles. The summed E-state index contributed by atoms with van der Waals surface area (Å²) in [6.45, 7) is 7.63. The van der Waals surface area contributed by atoms with E-state index in [2.05, 4.69) is 46.5 Å². The van der Waals surface area contributed by atoms with Gasteiger partial charge in [0.05, 0.1) is 24.2 Å². The van der Waals surface area contributed by atoms with Crippen LogP contribution in [-0.4, -0.2) is 48.9 Å². The zero-order valence-electron chi connectivity index (χ0n) is 16.9. The van der Waals surface area contributed by atoms with Gasteiger partial charge in [-0.15, -0.1) is 0 Å². The molecule has 0 aromatic carbocycles. The van der Waals surface area contributed by atoms with Gasteiger partial charge in [-0.1, -0.05) is 32.5 Å². The number of nitrogens with one attached hydrogen (secondary N) is 2. The first kappa shape index (κ1) is 21.6. The van der Waals surface area contributed by atoms with E-state index in [1.807, 2.05) is 0 Å². The number of furan rings is 1. The molecule has 2 N–H and O–H groups in total. The molecule has 3 heterocycles. The van der Waals surface area contributed by atoms with E-state index < -0.39 is 16.7 Å². The van der Waals surface area contributed by atoms with Crippen molar-refractivity contribution in [3.8, 4) is 0 Å². The quantitative estimate of drug-likeness (QED) is 0.213. The van der Waals surface area contributed by atoms with Crippen molar-refractivity contribution in [3.63, 3.8) is 0 Å². The van der Waals surface area contributed by atoms with E-state index in [1.165, 1.54) is 6.07 Å². The fraction of sp³-hybridized carbons (Fsp3) is 0.444. The van der Waals surface area contributed by atoms with Crippen LogP contribution in [0, 0.1) is 10.1 Å². The third kappa shape index (κ3) is 5.06. The van der Waals surface area contributed by atoms with Crippen molar-refractivity contribution >= 4 is 40.4 Å². The van der Waals surface area contributed by atoms with Gasteiger partial charge in [-0.25, -0.2) is 14.6 Å². The van der Waals surface area contributed by atoms with Crippen molar-refractivity contribution in [2.75, 3.05) is 18.4 Å². The average molecular weight is 433 g/mol. The number of anilines is 1. The molecule has 0 aliphatic rings. The second-order valence-electron chi connectivity index (χ2n) is 6.70. The highest BCUT2D eigenvalue weighted by Crippen LogP contribution is 2.26. The lowest BCUT2D eigenvalue weighted by atomic mass is 10.3. The van der Waals surface area contributed by atoms with Crippen LogP contribution in [-0.2, 0) is 6.54 Å². The van der Waals surface area contributed by atoms with E-state index in [0.717, 1.165) is 30.2 Å². The van der Waals surface area contributed by atoms with E-state index >= 15 is 0 Å². The van der Waals surface area contributed by atoms with Crippen molar-refractivity contribution < 1.29 is 14.1 Å². The number of amides is 1. The van der Waals surface area contributed by atoms with Gasteiger partial charge in [0.15, 0.2) is 16.6 Å². The summed E-state index contributed by atoms with van der Waals surface area (Å²) in [5, 5.41) is 22.8. The average Bonchev–Trinajstić information content (AvgIpc) is 3.33. The topological polar surface area (TPSA) is 141 Å². The molecule has 0 atom stereocenters. The Labute approximate surface area is 176 Å². The van der Waals surface area contributed by atoms with Crippen molar-refractivity contribution in [2.45, 2.75) is 44.1 Å². The maximum atomic E-state index is 12.1. The molecule has 3 rings (SSSR count). The number of thioether (sulfide) groups is 1. The third-order valence-corrected chi connectivity index (χ3v) is 4.83. The Balaban J connectivity index is 1.73. The first-order chi connectivity index (χ1) is 14.4. The fourth-order valence-electron chi connectivity index (χ4n) is 2.65. The molecule has 0 fully saturated rings. The van der Waals surface area contributed by atoms with Crippen molar-refractivity contribution in [2.24, 2.45) is 0 Å². The molecule has 11 nitrogen and oxygen atoms in total. The lowest BCUT2D eigenvalue weighted by Gasteiger charge is -2.10. The Kier molecular flexibility index (Phi) is 6.87. The van der Waals surface area contributed by atoms with Crippen molar-refractivity contribution in [1.29, 1.82) is 0 Å². The van der Waals surface area contributed by atoms with Crippen LogP contribution >= 0.6 is 11.8 Å². The minimum atomic E-state index is -0.691. The highest BCUT2D eigenvalue weighted by atomic mass is 32.2. The molecule has 1 amide bonds. The number of fused-ring (bicyclic) bond motifs is 1. The molecule has 0 spiro atoms. The van der Waals surface area contributed by atoms with Crippen molar-refractivity contribution in [3.05, 3.63) is 34.2 Å². The third-order valence-electron chi connectivity index (χ3n) is 3.96. The van der Waals surface area contributed by atoms with E-state index in [9.17, 15) is 14.9 Å². The van der Waals surface area contributed by atoms with Crippen LogP contribution < -0.4 is 10.6 Å². The molecule has 12 heteroatoms. The first-order valence-electron chi connectivity index (χ1n) is 9.55. The number of aromatic nitrogens is 4. The fourth-order valence-corrected chi connectivity index (χ4v) is 3.36. The molecule has 0 aliphatic heterocycles. The highest BCUT2D eigenvalue weighted by Gasteiger charge is 2.18. The number of hydrogen-bond donors (Lipinski definition) is 2. The first-order valence-corrected chi connectivity index (χ1v) is 10.4. The van der Waals surface area contributed by atoms with Gasteiger partial charge in [0.2, 0.25) is 0 Å².